The van der Waals surface area contributed by atoms with Crippen molar-refractivity contribution >= 4 is 64.1 Å². The van der Waals surface area contributed by atoms with Gasteiger partial charge in [0, 0.05) is 74.5 Å². The Morgan fingerprint density at radius 1 is 0.651 bits per heavy atom. The van der Waals surface area contributed by atoms with Crippen LogP contribution in [0, 0.1) is 27.7 Å². The van der Waals surface area contributed by atoms with E-state index in [0.29, 0.717) is 65.4 Å². The lowest BCUT2D eigenvalue weighted by molar-refractivity contribution is -0.167. The van der Waals surface area contributed by atoms with Crippen LogP contribution < -0.4 is 20.9 Å². The average Bonchev–Trinajstić information content (AvgIpc) is 3.82. The van der Waals surface area contributed by atoms with E-state index in [0.717, 1.165) is 51.3 Å². The summed E-state index contributed by atoms with van der Waals surface area (Å²) in [5, 5.41) is 7.97. The number of imidazole rings is 2. The van der Waals surface area contributed by atoms with Crippen LogP contribution in [0.1, 0.15) is 33.9 Å². The van der Waals surface area contributed by atoms with E-state index in [-0.39, 0.29) is 11.6 Å². The van der Waals surface area contributed by atoms with E-state index in [2.05, 4.69) is 41.3 Å². The second kappa shape index (κ2) is 19.3. The zero-order valence-electron chi connectivity index (χ0n) is 33.8. The van der Waals surface area contributed by atoms with E-state index < -0.39 is 24.2 Å². The molecule has 23 heteroatoms. The molecule has 63 heavy (non-hydrogen) atoms. The van der Waals surface area contributed by atoms with Crippen LogP contribution in [0.25, 0.3) is 22.5 Å². The van der Waals surface area contributed by atoms with Crippen LogP contribution in [-0.2, 0) is 35.8 Å². The molecule has 0 fully saturated rings. The third-order valence-electron chi connectivity index (χ3n) is 9.40. The smallest absolute Gasteiger partial charge is 0.347 e. The number of aryl methyl sites for hydroxylation is 4. The number of hydrogen-bond acceptors (Lipinski definition) is 10. The van der Waals surface area contributed by atoms with Gasteiger partial charge in [-0.2, -0.15) is 26.3 Å². The molecule has 6 aromatic heterocycles. The summed E-state index contributed by atoms with van der Waals surface area (Å²) in [6.07, 6.45) is -0.371. The second-order valence-corrected chi connectivity index (χ2v) is 15.5. The van der Waals surface area contributed by atoms with Crippen molar-refractivity contribution in [3.8, 4) is 22.5 Å². The highest BCUT2D eigenvalue weighted by molar-refractivity contribution is 6.34. The number of aromatic nitrogens is 8. The molecule has 0 radical (unpaired) electrons. The SMILES string of the molecule is Cc1cnc(-c2cc(Cl)ncc2Cl)c(C)c1.Cc1cnc(-c2cc(N3CCn4cc(NC(=O)C(F)(F)F)nc4C3)ncc2Cl)c(C)c1.O=C(Nc1cn2c(n1)CNCC2)C(F)(F)F. The van der Waals surface area contributed by atoms with Gasteiger partial charge < -0.3 is 30.0 Å². The number of carbonyl (C=O) groups excluding carboxylic acids is 2. The maximum Gasteiger partial charge on any atom is 0.471 e. The number of fused-ring (bicyclic) bond motifs is 2. The van der Waals surface area contributed by atoms with Crippen molar-refractivity contribution in [1.29, 1.82) is 0 Å². The zero-order valence-corrected chi connectivity index (χ0v) is 36.0. The molecule has 0 bridgehead atoms. The Labute approximate surface area is 371 Å². The van der Waals surface area contributed by atoms with Gasteiger partial charge in [0.15, 0.2) is 11.6 Å². The highest BCUT2D eigenvalue weighted by Gasteiger charge is 2.40. The number of pyridine rings is 4. The standard InChI is InChI=1S/C20H18ClF3N6O.C12H10Cl2N2.C8H9F3N4O/c1-11-5-12(2)18(26-7-11)13-6-16(25-8-14(13)21)30-4-3-29-9-15(27-17(29)10-30)28-19(31)20(22,23)24;1-7-3-8(2)12(16-5-7)9-4-11(14)15-6-10(9)13;9-8(10,11)7(16)14-5-4-15-2-1-12-3-6(15)13-5/h5-9H,3-4,10H2,1-2H3,(H,28,31);3-6H,1-2H3;4,12H,1-3H2,(H,14,16). The fourth-order valence-electron chi connectivity index (χ4n) is 6.50. The third kappa shape index (κ3) is 11.8. The Bertz CT molecular complexity index is 2630. The van der Waals surface area contributed by atoms with E-state index in [1.54, 1.807) is 44.4 Å². The number of rotatable bonds is 5. The molecule has 0 saturated heterocycles. The summed E-state index contributed by atoms with van der Waals surface area (Å²) in [5.41, 5.74) is 7.40. The molecule has 0 aromatic carbocycles. The molecule has 0 unspecified atom stereocenters. The van der Waals surface area contributed by atoms with Crippen molar-refractivity contribution in [2.45, 2.75) is 66.2 Å². The minimum Gasteiger partial charge on any atom is -0.347 e. The van der Waals surface area contributed by atoms with Gasteiger partial charge in [-0.15, -0.1) is 0 Å². The predicted octanol–water partition coefficient (Wildman–Crippen LogP) is 8.69. The minimum atomic E-state index is -4.97. The number of alkyl halides is 6. The van der Waals surface area contributed by atoms with Gasteiger partial charge in [0.1, 0.15) is 22.6 Å². The number of nitrogens with zero attached hydrogens (tertiary/aromatic N) is 9. The predicted molar refractivity (Wildman–Crippen MR) is 225 cm³/mol. The molecule has 0 saturated carbocycles. The Morgan fingerprint density at radius 3 is 1.68 bits per heavy atom. The first kappa shape index (κ1) is 46.7. The highest BCUT2D eigenvalue weighted by Crippen LogP contribution is 2.33. The number of carbonyl (C=O) groups is 2. The van der Waals surface area contributed by atoms with Crippen LogP contribution in [-0.4, -0.2) is 76.3 Å². The fourth-order valence-corrected chi connectivity index (χ4v) is 7.05. The van der Waals surface area contributed by atoms with Gasteiger partial charge >= 0.3 is 24.2 Å². The molecule has 0 spiro atoms. The molecule has 2 aliphatic heterocycles. The summed E-state index contributed by atoms with van der Waals surface area (Å²) in [6, 6.07) is 7.66. The Hall–Kier alpha value is -5.83. The van der Waals surface area contributed by atoms with Gasteiger partial charge in [-0.1, -0.05) is 46.9 Å². The third-order valence-corrected chi connectivity index (χ3v) is 10.2. The Morgan fingerprint density at radius 2 is 1.16 bits per heavy atom. The van der Waals surface area contributed by atoms with E-state index in [1.807, 2.05) is 50.9 Å². The van der Waals surface area contributed by atoms with Crippen molar-refractivity contribution in [2.75, 3.05) is 28.6 Å². The maximum absolute atomic E-state index is 12.5. The lowest BCUT2D eigenvalue weighted by atomic mass is 10.1. The van der Waals surface area contributed by atoms with Gasteiger partial charge in [-0.05, 0) is 62.1 Å². The van der Waals surface area contributed by atoms with Crippen LogP contribution in [0.5, 0.6) is 0 Å². The van der Waals surface area contributed by atoms with Gasteiger partial charge in [0.2, 0.25) is 0 Å². The Kier molecular flexibility index (Phi) is 14.3. The molecule has 3 N–H and O–H groups in total. The van der Waals surface area contributed by atoms with Crippen molar-refractivity contribution in [1.82, 2.24) is 44.4 Å². The first-order valence-corrected chi connectivity index (χ1v) is 20.0. The number of hydrogen-bond donors (Lipinski definition) is 3. The molecule has 332 valence electrons. The monoisotopic (exact) mass is 936 g/mol. The van der Waals surface area contributed by atoms with Gasteiger partial charge in [0.25, 0.3) is 0 Å². The van der Waals surface area contributed by atoms with Crippen molar-refractivity contribution < 1.29 is 35.9 Å². The number of nitrogens with one attached hydrogen (secondary N) is 3. The minimum absolute atomic E-state index is 0.0685. The second-order valence-electron chi connectivity index (χ2n) is 14.3. The average molecular weight is 938 g/mol. The fraction of sp³-hybridized carbons (Fsp3) is 0.300. The van der Waals surface area contributed by atoms with Crippen molar-refractivity contribution in [3.05, 3.63) is 111 Å². The summed E-state index contributed by atoms with van der Waals surface area (Å²) < 4.78 is 76.8. The summed E-state index contributed by atoms with van der Waals surface area (Å²) in [5.74, 6) is -2.48. The number of anilines is 3. The normalized spacial score (nSPS) is 13.4. The van der Waals surface area contributed by atoms with Crippen LogP contribution in [0.3, 0.4) is 0 Å². The van der Waals surface area contributed by atoms with Gasteiger partial charge in [-0.25, -0.2) is 19.9 Å². The van der Waals surface area contributed by atoms with Crippen LogP contribution >= 0.6 is 34.8 Å². The molecule has 14 nitrogen and oxygen atoms in total. The molecule has 0 atom stereocenters. The van der Waals surface area contributed by atoms with Gasteiger partial charge in [0.05, 0.1) is 34.5 Å². The van der Waals surface area contributed by atoms with Crippen LogP contribution in [0.4, 0.5) is 43.8 Å². The first-order chi connectivity index (χ1) is 29.7. The van der Waals surface area contributed by atoms with E-state index in [9.17, 15) is 35.9 Å². The van der Waals surface area contributed by atoms with Crippen LogP contribution in [0.2, 0.25) is 15.2 Å². The molecular weight excluding hydrogens is 901 g/mol. The lowest BCUT2D eigenvalue weighted by Gasteiger charge is -2.28. The topological polar surface area (TPSA) is 161 Å². The van der Waals surface area contributed by atoms with E-state index in [4.69, 9.17) is 34.8 Å². The van der Waals surface area contributed by atoms with Crippen LogP contribution in [0.15, 0.2) is 61.4 Å². The summed E-state index contributed by atoms with van der Waals surface area (Å²) in [7, 11) is 0. The molecule has 2 aliphatic rings. The molecule has 0 aliphatic carbocycles. The van der Waals surface area contributed by atoms with E-state index in [1.165, 1.54) is 12.4 Å². The first-order valence-electron chi connectivity index (χ1n) is 18.8. The zero-order chi connectivity index (χ0) is 45.8. The highest BCUT2D eigenvalue weighted by atomic mass is 35.5. The molecule has 8 rings (SSSR count). The Balaban J connectivity index is 0.000000173. The number of halogens is 9. The quantitative estimate of drug-likeness (QED) is 0.113. The maximum atomic E-state index is 12.5. The molecule has 6 aromatic rings. The number of amides is 2. The summed E-state index contributed by atoms with van der Waals surface area (Å²) in [4.78, 5) is 49.0. The van der Waals surface area contributed by atoms with Gasteiger partial charge in [-0.3, -0.25) is 19.6 Å². The lowest BCUT2D eigenvalue weighted by Crippen LogP contribution is -2.34. The molecular formula is C40H37Cl3F6N12O2. The van der Waals surface area contributed by atoms with Crippen molar-refractivity contribution in [3.63, 3.8) is 0 Å². The summed E-state index contributed by atoms with van der Waals surface area (Å²) >= 11 is 18.3. The molecule has 2 amide bonds. The molecule has 8 heterocycles. The van der Waals surface area contributed by atoms with Crippen molar-refractivity contribution in [2.24, 2.45) is 0 Å². The largest absolute Gasteiger partial charge is 0.471 e. The summed E-state index contributed by atoms with van der Waals surface area (Å²) in [6.45, 7) is 11.1. The van der Waals surface area contributed by atoms with E-state index >= 15 is 0 Å².